The molecule has 0 aliphatic carbocycles. The Morgan fingerprint density at radius 1 is 1.08 bits per heavy atom. The van der Waals surface area contributed by atoms with Crippen LogP contribution in [-0.2, 0) is 14.6 Å². The van der Waals surface area contributed by atoms with E-state index in [9.17, 15) is 18.0 Å². The van der Waals surface area contributed by atoms with Crippen LogP contribution >= 0.6 is 0 Å². The van der Waals surface area contributed by atoms with Gasteiger partial charge in [-0.15, -0.1) is 0 Å². The average Bonchev–Trinajstić information content (AvgIpc) is 2.90. The van der Waals surface area contributed by atoms with Crippen LogP contribution in [0.15, 0.2) is 72.2 Å². The van der Waals surface area contributed by atoms with Crippen LogP contribution in [-0.4, -0.2) is 76.9 Å². The second-order valence-corrected chi connectivity index (χ2v) is 10.5. The number of nitrogen functional groups attached to an aromatic ring is 1. The number of piperazine rings is 1. The van der Waals surface area contributed by atoms with Crippen molar-refractivity contribution in [3.05, 3.63) is 73.0 Å². The van der Waals surface area contributed by atoms with Gasteiger partial charge < -0.3 is 20.9 Å². The van der Waals surface area contributed by atoms with Gasteiger partial charge in [0.1, 0.15) is 0 Å². The number of nitrogens with two attached hydrogens (primary N) is 1. The Labute approximate surface area is 215 Å². The number of nitrogens with one attached hydrogen (secondary N) is 1. The molecule has 3 heterocycles. The van der Waals surface area contributed by atoms with E-state index in [4.69, 9.17) is 5.73 Å². The van der Waals surface area contributed by atoms with E-state index in [2.05, 4.69) is 20.3 Å². The van der Waals surface area contributed by atoms with E-state index >= 15 is 0 Å². The summed E-state index contributed by atoms with van der Waals surface area (Å²) >= 11 is 0. The van der Waals surface area contributed by atoms with Crippen molar-refractivity contribution in [2.75, 3.05) is 43.0 Å². The summed E-state index contributed by atoms with van der Waals surface area (Å²) in [5.41, 5.74) is 7.26. The van der Waals surface area contributed by atoms with Crippen molar-refractivity contribution >= 4 is 33.2 Å². The monoisotopic (exact) mass is 521 g/mol. The molecule has 1 saturated heterocycles. The molecule has 3 N–H and O–H groups in total. The first-order valence-corrected chi connectivity index (χ1v) is 13.2. The number of carbonyl (C=O) groups is 2. The van der Waals surface area contributed by atoms with Crippen molar-refractivity contribution in [1.29, 1.82) is 0 Å². The number of anilines is 2. The smallest absolute Gasteiger partial charge is 0.278 e. The normalized spacial score (nSPS) is 14.1. The molecule has 4 rings (SSSR count). The molecule has 0 bridgehead atoms. The summed E-state index contributed by atoms with van der Waals surface area (Å²) in [5.74, 6) is -0.671. The van der Waals surface area contributed by atoms with E-state index in [0.717, 1.165) is 0 Å². The fraction of sp³-hybridized carbons (Fsp3) is 0.240. The van der Waals surface area contributed by atoms with Gasteiger partial charge in [0, 0.05) is 44.9 Å². The maximum atomic E-state index is 12.8. The van der Waals surface area contributed by atoms with Gasteiger partial charge in [0.2, 0.25) is 5.91 Å². The van der Waals surface area contributed by atoms with E-state index in [1.165, 1.54) is 24.5 Å². The first-order valence-electron chi connectivity index (χ1n) is 11.6. The van der Waals surface area contributed by atoms with Crippen LogP contribution in [0.1, 0.15) is 17.4 Å². The molecular weight excluding hydrogens is 494 g/mol. The number of benzene rings is 1. The van der Waals surface area contributed by atoms with E-state index in [-0.39, 0.29) is 28.1 Å². The van der Waals surface area contributed by atoms with Crippen molar-refractivity contribution in [2.45, 2.75) is 11.8 Å². The third-order valence-corrected chi connectivity index (χ3v) is 7.46. The molecule has 3 aromatic rings. The molecule has 1 aliphatic heterocycles. The number of rotatable bonds is 7. The fourth-order valence-electron chi connectivity index (χ4n) is 3.77. The van der Waals surface area contributed by atoms with Crippen molar-refractivity contribution < 1.29 is 18.0 Å². The van der Waals surface area contributed by atoms with Crippen LogP contribution in [0, 0.1) is 0 Å². The lowest BCUT2D eigenvalue weighted by atomic mass is 10.1. The van der Waals surface area contributed by atoms with Gasteiger partial charge in [-0.2, -0.15) is 0 Å². The lowest BCUT2D eigenvalue weighted by Gasteiger charge is -2.33. The van der Waals surface area contributed by atoms with Gasteiger partial charge in [0.25, 0.3) is 5.91 Å². The van der Waals surface area contributed by atoms with Gasteiger partial charge in [-0.25, -0.2) is 18.4 Å². The maximum Gasteiger partial charge on any atom is 0.278 e. The molecule has 0 radical (unpaired) electrons. The number of sulfone groups is 1. The Bertz CT molecular complexity index is 1400. The minimum absolute atomic E-state index is 0.0289. The molecule has 1 aliphatic rings. The zero-order valence-corrected chi connectivity index (χ0v) is 21.1. The van der Waals surface area contributed by atoms with Gasteiger partial charge >= 0.3 is 0 Å². The number of nitrogens with zero attached hydrogens (tertiary/aromatic N) is 5. The van der Waals surface area contributed by atoms with Gasteiger partial charge in [-0.05, 0) is 30.5 Å². The minimum Gasteiger partial charge on any atom is -0.382 e. The van der Waals surface area contributed by atoms with Gasteiger partial charge in [0.05, 0.1) is 34.4 Å². The molecule has 2 amide bonds. The fourth-order valence-corrected chi connectivity index (χ4v) is 4.85. The summed E-state index contributed by atoms with van der Waals surface area (Å²) < 4.78 is 25.6. The molecular formula is C25H27N7O4S. The van der Waals surface area contributed by atoms with Crippen molar-refractivity contribution in [2.24, 2.45) is 0 Å². The molecule has 192 valence electrons. The topological polar surface area (TPSA) is 151 Å². The predicted octanol–water partition coefficient (Wildman–Crippen LogP) is 1.82. The molecule has 11 nitrogen and oxygen atoms in total. The summed E-state index contributed by atoms with van der Waals surface area (Å²) in [6.07, 6.45) is 7.89. The Balaban J connectivity index is 1.41. The van der Waals surface area contributed by atoms with E-state index < -0.39 is 15.7 Å². The molecule has 12 heteroatoms. The van der Waals surface area contributed by atoms with Crippen LogP contribution in [0.2, 0.25) is 0 Å². The molecule has 0 unspecified atom stereocenters. The molecule has 0 atom stereocenters. The number of amides is 2. The SMILES string of the molecule is CC(=O)N1CCN(C=CCS(=O)(=O)c2ccc(-c3cnc(N)c(C(=O)Nc4cccnc4)n3)cc2)CC1. The Morgan fingerprint density at radius 3 is 2.46 bits per heavy atom. The molecule has 1 fully saturated rings. The van der Waals surface area contributed by atoms with Gasteiger partial charge in [-0.3, -0.25) is 14.6 Å². The first-order chi connectivity index (χ1) is 17.7. The number of hydrogen-bond acceptors (Lipinski definition) is 9. The van der Waals surface area contributed by atoms with Crippen LogP contribution in [0.4, 0.5) is 11.5 Å². The lowest BCUT2D eigenvalue weighted by Crippen LogP contribution is -2.45. The Hall–Kier alpha value is -4.32. The zero-order valence-electron chi connectivity index (χ0n) is 20.2. The Kier molecular flexibility index (Phi) is 7.77. The molecule has 1 aromatic carbocycles. The van der Waals surface area contributed by atoms with Crippen LogP contribution in [0.25, 0.3) is 11.3 Å². The first kappa shape index (κ1) is 25.8. The highest BCUT2D eigenvalue weighted by Gasteiger charge is 2.18. The highest BCUT2D eigenvalue weighted by atomic mass is 32.2. The summed E-state index contributed by atoms with van der Waals surface area (Å²) in [4.78, 5) is 40.4. The number of aromatic nitrogens is 3. The van der Waals surface area contributed by atoms with E-state index in [0.29, 0.717) is 43.1 Å². The van der Waals surface area contributed by atoms with E-state index in [1.54, 1.807) is 54.6 Å². The third-order valence-electron chi connectivity index (χ3n) is 5.84. The largest absolute Gasteiger partial charge is 0.382 e. The van der Waals surface area contributed by atoms with Crippen LogP contribution < -0.4 is 11.1 Å². The van der Waals surface area contributed by atoms with Crippen molar-refractivity contribution in [1.82, 2.24) is 24.8 Å². The van der Waals surface area contributed by atoms with Crippen LogP contribution in [0.3, 0.4) is 0 Å². The third kappa shape index (κ3) is 6.47. The average molecular weight is 522 g/mol. The number of carbonyl (C=O) groups excluding carboxylic acids is 2. The summed E-state index contributed by atoms with van der Waals surface area (Å²) in [7, 11) is -3.55. The second-order valence-electron chi connectivity index (χ2n) is 8.42. The van der Waals surface area contributed by atoms with Gasteiger partial charge in [0.15, 0.2) is 21.3 Å². The minimum atomic E-state index is -3.55. The highest BCUT2D eigenvalue weighted by molar-refractivity contribution is 7.91. The molecule has 37 heavy (non-hydrogen) atoms. The van der Waals surface area contributed by atoms with Crippen molar-refractivity contribution in [3.63, 3.8) is 0 Å². The summed E-state index contributed by atoms with van der Waals surface area (Å²) in [6.45, 7) is 4.11. The standard InChI is InChI=1S/C25H27N7O4S/c1-18(33)32-13-11-31(12-14-32)10-3-15-37(35,36)21-7-5-19(6-8-21)22-17-28-24(26)23(30-22)25(34)29-20-4-2-9-27-16-20/h2-10,16-17H,11-15H2,1H3,(H2,26,28)(H,29,34). The highest BCUT2D eigenvalue weighted by Crippen LogP contribution is 2.22. The predicted molar refractivity (Wildman–Crippen MR) is 139 cm³/mol. The zero-order chi connectivity index (χ0) is 26.4. The quantitative estimate of drug-likeness (QED) is 0.474. The molecule has 0 spiro atoms. The number of hydrogen-bond donors (Lipinski definition) is 2. The van der Waals surface area contributed by atoms with Crippen molar-refractivity contribution in [3.8, 4) is 11.3 Å². The lowest BCUT2D eigenvalue weighted by molar-refractivity contribution is -0.130. The van der Waals surface area contributed by atoms with E-state index in [1.807, 2.05) is 4.90 Å². The summed E-state index contributed by atoms with van der Waals surface area (Å²) in [5, 5.41) is 2.67. The maximum absolute atomic E-state index is 12.8. The van der Waals surface area contributed by atoms with Crippen LogP contribution in [0.5, 0.6) is 0 Å². The molecule has 0 saturated carbocycles. The number of pyridine rings is 1. The summed E-state index contributed by atoms with van der Waals surface area (Å²) in [6, 6.07) is 9.58. The van der Waals surface area contributed by atoms with Gasteiger partial charge in [-0.1, -0.05) is 18.2 Å². The Morgan fingerprint density at radius 2 is 1.81 bits per heavy atom. The molecule has 2 aromatic heterocycles. The second kappa shape index (κ2) is 11.2.